The summed E-state index contributed by atoms with van der Waals surface area (Å²) in [7, 11) is 1.98. The molecular formula is C19H20N2O3. The number of hydrogen-bond acceptors (Lipinski definition) is 3. The number of para-hydroxylation sites is 1. The first-order valence-corrected chi connectivity index (χ1v) is 7.79. The number of nitrogens with zero attached hydrogens (tertiary/aromatic N) is 1. The highest BCUT2D eigenvalue weighted by Crippen LogP contribution is 2.16. The molecule has 1 amide bonds. The normalized spacial score (nSPS) is 10.6. The van der Waals surface area contributed by atoms with E-state index < -0.39 is 0 Å². The summed E-state index contributed by atoms with van der Waals surface area (Å²) in [6.07, 6.45) is 1.51. The van der Waals surface area contributed by atoms with E-state index in [9.17, 15) is 4.79 Å². The smallest absolute Gasteiger partial charge is 0.287 e. The lowest BCUT2D eigenvalue weighted by atomic mass is 10.2. The van der Waals surface area contributed by atoms with Gasteiger partial charge in [0.25, 0.3) is 5.91 Å². The SMILES string of the molecule is Cc1ccc(CNC(=O)c2occc2COc2ccccc2)n1C. The number of carbonyl (C=O) groups is 1. The molecule has 3 aromatic rings. The summed E-state index contributed by atoms with van der Waals surface area (Å²) in [6, 6.07) is 15.2. The van der Waals surface area contributed by atoms with Crippen LogP contribution in [0.4, 0.5) is 0 Å². The minimum atomic E-state index is -0.245. The molecule has 124 valence electrons. The van der Waals surface area contributed by atoms with E-state index in [0.29, 0.717) is 6.54 Å². The maximum absolute atomic E-state index is 12.4. The summed E-state index contributed by atoms with van der Waals surface area (Å²) in [5.74, 6) is 0.798. The molecule has 2 aromatic heterocycles. The highest BCUT2D eigenvalue weighted by molar-refractivity contribution is 5.92. The Bertz CT molecular complexity index is 818. The summed E-state index contributed by atoms with van der Waals surface area (Å²) in [5, 5.41) is 2.89. The van der Waals surface area contributed by atoms with Gasteiger partial charge in [0.15, 0.2) is 5.76 Å². The summed E-state index contributed by atoms with van der Waals surface area (Å²) in [6.45, 7) is 2.76. The lowest BCUT2D eigenvalue weighted by Crippen LogP contribution is -2.24. The number of ether oxygens (including phenoxy) is 1. The van der Waals surface area contributed by atoms with Gasteiger partial charge >= 0.3 is 0 Å². The van der Waals surface area contributed by atoms with Crippen molar-refractivity contribution in [2.75, 3.05) is 0 Å². The van der Waals surface area contributed by atoms with Crippen molar-refractivity contribution in [2.45, 2.75) is 20.1 Å². The molecule has 0 atom stereocenters. The fourth-order valence-corrected chi connectivity index (χ4v) is 2.42. The molecule has 2 heterocycles. The molecule has 0 fully saturated rings. The first-order valence-electron chi connectivity index (χ1n) is 7.79. The third kappa shape index (κ3) is 3.51. The Kier molecular flexibility index (Phi) is 4.70. The van der Waals surface area contributed by atoms with Gasteiger partial charge in [-0.3, -0.25) is 4.79 Å². The maximum atomic E-state index is 12.4. The van der Waals surface area contributed by atoms with Crippen LogP contribution in [0.25, 0.3) is 0 Å². The molecule has 0 unspecified atom stereocenters. The molecule has 0 spiro atoms. The van der Waals surface area contributed by atoms with Gasteiger partial charge in [-0.15, -0.1) is 0 Å². The van der Waals surface area contributed by atoms with Crippen LogP contribution in [0, 0.1) is 6.92 Å². The van der Waals surface area contributed by atoms with E-state index in [2.05, 4.69) is 5.32 Å². The van der Waals surface area contributed by atoms with Crippen LogP contribution in [-0.2, 0) is 20.2 Å². The van der Waals surface area contributed by atoms with Crippen molar-refractivity contribution >= 4 is 5.91 Å². The Morgan fingerprint density at radius 2 is 1.96 bits per heavy atom. The number of aromatic nitrogens is 1. The van der Waals surface area contributed by atoms with Crippen molar-refractivity contribution in [3.8, 4) is 5.75 Å². The quantitative estimate of drug-likeness (QED) is 0.756. The Morgan fingerprint density at radius 3 is 2.67 bits per heavy atom. The Labute approximate surface area is 140 Å². The van der Waals surface area contributed by atoms with E-state index in [0.717, 1.165) is 22.7 Å². The highest BCUT2D eigenvalue weighted by atomic mass is 16.5. The minimum Gasteiger partial charge on any atom is -0.489 e. The highest BCUT2D eigenvalue weighted by Gasteiger charge is 2.16. The number of carbonyl (C=O) groups excluding carboxylic acids is 1. The standard InChI is InChI=1S/C19H20N2O3/c1-14-8-9-16(21(14)2)12-20-19(22)18-15(10-11-23-18)13-24-17-6-4-3-5-7-17/h3-11H,12-13H2,1-2H3,(H,20,22). The average molecular weight is 324 g/mol. The van der Waals surface area contributed by atoms with Gasteiger partial charge in [-0.25, -0.2) is 0 Å². The number of aryl methyl sites for hydroxylation is 1. The second kappa shape index (κ2) is 7.08. The Hall–Kier alpha value is -2.95. The first kappa shape index (κ1) is 15.9. The summed E-state index contributed by atoms with van der Waals surface area (Å²) < 4.78 is 13.1. The van der Waals surface area contributed by atoms with Crippen molar-refractivity contribution in [1.29, 1.82) is 0 Å². The van der Waals surface area contributed by atoms with Crippen LogP contribution in [0.15, 0.2) is 59.2 Å². The van der Waals surface area contributed by atoms with Gasteiger partial charge in [0.05, 0.1) is 12.8 Å². The number of furan rings is 1. The number of amides is 1. The molecule has 24 heavy (non-hydrogen) atoms. The predicted octanol–water partition coefficient (Wildman–Crippen LogP) is 3.44. The lowest BCUT2D eigenvalue weighted by molar-refractivity contribution is 0.0919. The number of nitrogens with one attached hydrogen (secondary N) is 1. The molecule has 0 aliphatic carbocycles. The second-order valence-corrected chi connectivity index (χ2v) is 5.58. The van der Waals surface area contributed by atoms with E-state index >= 15 is 0 Å². The summed E-state index contributed by atoms with van der Waals surface area (Å²) in [4.78, 5) is 12.4. The maximum Gasteiger partial charge on any atom is 0.287 e. The Balaban J connectivity index is 1.61. The minimum absolute atomic E-state index is 0.245. The average Bonchev–Trinajstić information content (AvgIpc) is 3.20. The van der Waals surface area contributed by atoms with Gasteiger partial charge in [-0.05, 0) is 37.3 Å². The van der Waals surface area contributed by atoms with E-state index in [4.69, 9.17) is 9.15 Å². The van der Waals surface area contributed by atoms with Gasteiger partial charge in [0, 0.05) is 24.0 Å². The molecule has 0 saturated carbocycles. The van der Waals surface area contributed by atoms with Gasteiger partial charge in [-0.2, -0.15) is 0 Å². The summed E-state index contributed by atoms with van der Waals surface area (Å²) in [5.41, 5.74) is 2.91. The van der Waals surface area contributed by atoms with Crippen LogP contribution in [-0.4, -0.2) is 10.5 Å². The third-order valence-corrected chi connectivity index (χ3v) is 4.00. The van der Waals surface area contributed by atoms with Crippen molar-refractivity contribution in [3.05, 3.63) is 77.5 Å². The number of hydrogen-bond donors (Lipinski definition) is 1. The molecule has 1 N–H and O–H groups in total. The third-order valence-electron chi connectivity index (χ3n) is 4.00. The molecule has 0 saturated heterocycles. The van der Waals surface area contributed by atoms with E-state index in [1.807, 2.05) is 61.0 Å². The molecule has 5 nitrogen and oxygen atoms in total. The molecule has 0 radical (unpaired) electrons. The van der Waals surface area contributed by atoms with Crippen LogP contribution < -0.4 is 10.1 Å². The zero-order valence-corrected chi connectivity index (χ0v) is 13.8. The first-order chi connectivity index (χ1) is 11.6. The zero-order valence-electron chi connectivity index (χ0n) is 13.8. The van der Waals surface area contributed by atoms with E-state index in [1.165, 1.54) is 6.26 Å². The van der Waals surface area contributed by atoms with Gasteiger partial charge < -0.3 is 19.0 Å². The molecule has 0 bridgehead atoms. The zero-order chi connectivity index (χ0) is 16.9. The van der Waals surface area contributed by atoms with Crippen molar-refractivity contribution in [2.24, 2.45) is 7.05 Å². The van der Waals surface area contributed by atoms with Crippen LogP contribution >= 0.6 is 0 Å². The van der Waals surface area contributed by atoms with E-state index in [-0.39, 0.29) is 18.3 Å². The van der Waals surface area contributed by atoms with Gasteiger partial charge in [0.1, 0.15) is 12.4 Å². The number of rotatable bonds is 6. The van der Waals surface area contributed by atoms with Crippen LogP contribution in [0.5, 0.6) is 5.75 Å². The van der Waals surface area contributed by atoms with Gasteiger partial charge in [-0.1, -0.05) is 18.2 Å². The molecular weight excluding hydrogens is 304 g/mol. The molecule has 1 aromatic carbocycles. The summed E-state index contributed by atoms with van der Waals surface area (Å²) >= 11 is 0. The van der Waals surface area contributed by atoms with Crippen LogP contribution in [0.1, 0.15) is 27.5 Å². The topological polar surface area (TPSA) is 56.4 Å². The lowest BCUT2D eigenvalue weighted by Gasteiger charge is -2.08. The van der Waals surface area contributed by atoms with Crippen LogP contribution in [0.2, 0.25) is 0 Å². The van der Waals surface area contributed by atoms with Gasteiger partial charge in [0.2, 0.25) is 0 Å². The fourth-order valence-electron chi connectivity index (χ4n) is 2.42. The molecule has 5 heteroatoms. The van der Waals surface area contributed by atoms with Crippen LogP contribution in [0.3, 0.4) is 0 Å². The Morgan fingerprint density at radius 1 is 1.17 bits per heavy atom. The fraction of sp³-hybridized carbons (Fsp3) is 0.211. The van der Waals surface area contributed by atoms with E-state index in [1.54, 1.807) is 6.07 Å². The van der Waals surface area contributed by atoms with Crippen molar-refractivity contribution in [3.63, 3.8) is 0 Å². The number of benzene rings is 1. The molecule has 3 rings (SSSR count). The monoisotopic (exact) mass is 324 g/mol. The molecule has 0 aliphatic heterocycles. The largest absolute Gasteiger partial charge is 0.489 e. The van der Waals surface area contributed by atoms with Crippen molar-refractivity contribution in [1.82, 2.24) is 9.88 Å². The predicted molar refractivity (Wildman–Crippen MR) is 90.8 cm³/mol. The van der Waals surface area contributed by atoms with Crippen molar-refractivity contribution < 1.29 is 13.9 Å². The second-order valence-electron chi connectivity index (χ2n) is 5.58. The molecule has 0 aliphatic rings.